The van der Waals surface area contributed by atoms with Crippen LogP contribution in [0.15, 0.2) is 0 Å². The van der Waals surface area contributed by atoms with Crippen molar-refractivity contribution in [3.8, 4) is 0 Å². The van der Waals surface area contributed by atoms with Gasteiger partial charge in [-0.1, -0.05) is 6.42 Å². The summed E-state index contributed by atoms with van der Waals surface area (Å²) in [7, 11) is 0. The number of thioether (sulfide) groups is 1. The van der Waals surface area contributed by atoms with E-state index in [0.717, 1.165) is 12.2 Å². The van der Waals surface area contributed by atoms with Crippen LogP contribution in [0.1, 0.15) is 36.0 Å². The highest BCUT2D eigenvalue weighted by atomic mass is 32.2. The van der Waals surface area contributed by atoms with Crippen molar-refractivity contribution < 1.29 is 4.39 Å². The molecular formula is C10H14FN3S. The molecule has 82 valence electrons. The number of nitrogens with zero attached hydrogens (tertiary/aromatic N) is 2. The van der Waals surface area contributed by atoms with E-state index in [1.54, 1.807) is 6.92 Å². The van der Waals surface area contributed by atoms with Gasteiger partial charge in [0.2, 0.25) is 0 Å². The predicted octanol–water partition coefficient (Wildman–Crippen LogP) is 2.46. The van der Waals surface area contributed by atoms with Crippen molar-refractivity contribution >= 4 is 17.6 Å². The molecule has 1 aromatic heterocycles. The Bertz CT molecular complexity index is 341. The lowest BCUT2D eigenvalue weighted by Crippen LogP contribution is -2.11. The summed E-state index contributed by atoms with van der Waals surface area (Å²) in [5.41, 5.74) is 5.84. The number of anilines is 1. The van der Waals surface area contributed by atoms with Gasteiger partial charge in [0.05, 0.1) is 10.9 Å². The Kier molecular flexibility index (Phi) is 3.09. The molecule has 0 aliphatic carbocycles. The lowest BCUT2D eigenvalue weighted by molar-refractivity contribution is 0.594. The highest BCUT2D eigenvalue weighted by Gasteiger charge is 2.20. The van der Waals surface area contributed by atoms with Crippen molar-refractivity contribution in [2.45, 2.75) is 31.4 Å². The maximum atomic E-state index is 13.2. The third-order valence-electron chi connectivity index (χ3n) is 2.53. The first-order valence-electron chi connectivity index (χ1n) is 5.09. The van der Waals surface area contributed by atoms with Crippen molar-refractivity contribution in [1.29, 1.82) is 0 Å². The second kappa shape index (κ2) is 4.35. The van der Waals surface area contributed by atoms with Gasteiger partial charge in [-0.25, -0.2) is 14.4 Å². The van der Waals surface area contributed by atoms with Gasteiger partial charge in [0.15, 0.2) is 11.6 Å². The summed E-state index contributed by atoms with van der Waals surface area (Å²) < 4.78 is 13.2. The molecule has 1 aromatic rings. The van der Waals surface area contributed by atoms with Gasteiger partial charge < -0.3 is 5.73 Å². The minimum atomic E-state index is -0.487. The van der Waals surface area contributed by atoms with Crippen molar-refractivity contribution in [3.63, 3.8) is 0 Å². The summed E-state index contributed by atoms with van der Waals surface area (Å²) >= 11 is 1.84. The zero-order chi connectivity index (χ0) is 10.8. The minimum Gasteiger partial charge on any atom is -0.381 e. The fourth-order valence-electron chi connectivity index (χ4n) is 1.69. The van der Waals surface area contributed by atoms with Gasteiger partial charge in [-0.15, -0.1) is 0 Å². The summed E-state index contributed by atoms with van der Waals surface area (Å²) in [5.74, 6) is 1.31. The molecule has 2 heterocycles. The van der Waals surface area contributed by atoms with Crippen LogP contribution in [0, 0.1) is 12.7 Å². The van der Waals surface area contributed by atoms with E-state index in [-0.39, 0.29) is 5.82 Å². The molecule has 0 spiro atoms. The molecule has 1 saturated heterocycles. The molecule has 2 rings (SSSR count). The van der Waals surface area contributed by atoms with Gasteiger partial charge in [0, 0.05) is 0 Å². The number of aryl methyl sites for hydroxylation is 1. The van der Waals surface area contributed by atoms with Crippen LogP contribution in [-0.2, 0) is 0 Å². The van der Waals surface area contributed by atoms with E-state index in [1.165, 1.54) is 12.8 Å². The Hall–Kier alpha value is -0.840. The summed E-state index contributed by atoms with van der Waals surface area (Å²) in [6.45, 7) is 1.63. The molecule has 1 unspecified atom stereocenters. The zero-order valence-corrected chi connectivity index (χ0v) is 9.48. The first-order valence-corrected chi connectivity index (χ1v) is 6.14. The van der Waals surface area contributed by atoms with Crippen molar-refractivity contribution in [2.24, 2.45) is 0 Å². The number of hydrogen-bond donors (Lipinski definition) is 1. The van der Waals surface area contributed by atoms with Crippen molar-refractivity contribution in [1.82, 2.24) is 9.97 Å². The standard InChI is InChI=1S/C10H14FN3S/c1-6-8(11)9(12)14-10(13-6)7-4-2-3-5-15-7/h7H,2-5H2,1H3,(H2,12,13,14). The third-order valence-corrected chi connectivity index (χ3v) is 3.90. The van der Waals surface area contributed by atoms with Crippen LogP contribution in [-0.4, -0.2) is 15.7 Å². The van der Waals surface area contributed by atoms with Gasteiger partial charge in [-0.2, -0.15) is 11.8 Å². The van der Waals surface area contributed by atoms with Crippen LogP contribution in [0.4, 0.5) is 10.2 Å². The van der Waals surface area contributed by atoms with Gasteiger partial charge in [-0.3, -0.25) is 0 Å². The van der Waals surface area contributed by atoms with E-state index in [9.17, 15) is 4.39 Å². The molecule has 5 heteroatoms. The topological polar surface area (TPSA) is 51.8 Å². The lowest BCUT2D eigenvalue weighted by Gasteiger charge is -2.20. The molecule has 0 aromatic carbocycles. The largest absolute Gasteiger partial charge is 0.381 e. The molecular weight excluding hydrogens is 213 g/mol. The van der Waals surface area contributed by atoms with Crippen LogP contribution >= 0.6 is 11.8 Å². The van der Waals surface area contributed by atoms with Gasteiger partial charge in [0.25, 0.3) is 0 Å². The fraction of sp³-hybridized carbons (Fsp3) is 0.600. The molecule has 1 atom stereocenters. The second-order valence-electron chi connectivity index (χ2n) is 3.72. The van der Waals surface area contributed by atoms with E-state index in [2.05, 4.69) is 9.97 Å². The number of rotatable bonds is 1. The Labute approximate surface area is 92.7 Å². The number of nitrogen functional groups attached to an aromatic ring is 1. The predicted molar refractivity (Wildman–Crippen MR) is 60.2 cm³/mol. The summed E-state index contributed by atoms with van der Waals surface area (Å²) in [5, 5.41) is 0.292. The highest BCUT2D eigenvalue weighted by molar-refractivity contribution is 7.99. The molecule has 3 nitrogen and oxygen atoms in total. The van der Waals surface area contributed by atoms with Gasteiger partial charge in [-0.05, 0) is 25.5 Å². The Morgan fingerprint density at radius 2 is 2.20 bits per heavy atom. The maximum absolute atomic E-state index is 13.2. The quantitative estimate of drug-likeness (QED) is 0.800. The molecule has 0 amide bonds. The number of halogens is 1. The molecule has 15 heavy (non-hydrogen) atoms. The monoisotopic (exact) mass is 227 g/mol. The SMILES string of the molecule is Cc1nc(C2CCCCS2)nc(N)c1F. The summed E-state index contributed by atoms with van der Waals surface area (Å²) in [6.07, 6.45) is 3.50. The number of hydrogen-bond acceptors (Lipinski definition) is 4. The molecule has 0 saturated carbocycles. The first-order chi connectivity index (χ1) is 7.18. The minimum absolute atomic E-state index is 0.0244. The molecule has 2 N–H and O–H groups in total. The third kappa shape index (κ3) is 2.22. The van der Waals surface area contributed by atoms with Crippen LogP contribution in [0.3, 0.4) is 0 Å². The fourth-order valence-corrected chi connectivity index (χ4v) is 2.94. The smallest absolute Gasteiger partial charge is 0.186 e. The summed E-state index contributed by atoms with van der Waals surface area (Å²) in [6, 6.07) is 0. The number of nitrogens with two attached hydrogens (primary N) is 1. The molecule has 1 aliphatic heterocycles. The van der Waals surface area contributed by atoms with Crippen LogP contribution in [0.5, 0.6) is 0 Å². The van der Waals surface area contributed by atoms with E-state index in [1.807, 2.05) is 11.8 Å². The number of aromatic nitrogens is 2. The zero-order valence-electron chi connectivity index (χ0n) is 8.66. The van der Waals surface area contributed by atoms with Crippen LogP contribution in [0.2, 0.25) is 0 Å². The average Bonchev–Trinajstić information content (AvgIpc) is 2.26. The van der Waals surface area contributed by atoms with Gasteiger partial charge >= 0.3 is 0 Å². The van der Waals surface area contributed by atoms with Crippen molar-refractivity contribution in [2.75, 3.05) is 11.5 Å². The van der Waals surface area contributed by atoms with Gasteiger partial charge in [0.1, 0.15) is 5.82 Å². The molecule has 0 bridgehead atoms. The first kappa shape index (κ1) is 10.7. The molecule has 1 fully saturated rings. The van der Waals surface area contributed by atoms with Crippen LogP contribution in [0.25, 0.3) is 0 Å². The Balaban J connectivity index is 2.27. The van der Waals surface area contributed by atoms with E-state index < -0.39 is 5.82 Å². The lowest BCUT2D eigenvalue weighted by atomic mass is 10.2. The maximum Gasteiger partial charge on any atom is 0.186 e. The van der Waals surface area contributed by atoms with Crippen LogP contribution < -0.4 is 5.73 Å². The molecule has 1 aliphatic rings. The normalized spacial score (nSPS) is 21.6. The molecule has 0 radical (unpaired) electrons. The highest BCUT2D eigenvalue weighted by Crippen LogP contribution is 2.36. The van der Waals surface area contributed by atoms with E-state index >= 15 is 0 Å². The Morgan fingerprint density at radius 3 is 2.80 bits per heavy atom. The summed E-state index contributed by atoms with van der Waals surface area (Å²) in [4.78, 5) is 8.20. The van der Waals surface area contributed by atoms with E-state index in [4.69, 9.17) is 5.73 Å². The van der Waals surface area contributed by atoms with E-state index in [0.29, 0.717) is 16.8 Å². The Morgan fingerprint density at radius 1 is 1.40 bits per heavy atom. The average molecular weight is 227 g/mol. The van der Waals surface area contributed by atoms with Crippen molar-refractivity contribution in [3.05, 3.63) is 17.3 Å². The second-order valence-corrected chi connectivity index (χ2v) is 5.03.